The zero-order valence-electron chi connectivity index (χ0n) is 8.94. The van der Waals surface area contributed by atoms with Crippen molar-refractivity contribution in [2.24, 2.45) is 0 Å². The summed E-state index contributed by atoms with van der Waals surface area (Å²) in [7, 11) is 0. The van der Waals surface area contributed by atoms with Gasteiger partial charge in [-0.05, 0) is 17.7 Å². The standard InChI is InChI=1S/C10H9F3N2O3/c11-10(12,13)9(18)15-7(8(16)17)5-6-1-3-14-4-2-6/h1-4,7H,5H2,(H,15,18)(H,16,17). The Morgan fingerprint density at radius 3 is 2.33 bits per heavy atom. The first kappa shape index (κ1) is 13.9. The van der Waals surface area contributed by atoms with Crippen LogP contribution in [-0.2, 0) is 16.0 Å². The molecule has 0 saturated carbocycles. The first-order chi connectivity index (χ1) is 8.30. The molecule has 98 valence electrons. The molecule has 1 heterocycles. The number of pyridine rings is 1. The van der Waals surface area contributed by atoms with Crippen LogP contribution in [0.3, 0.4) is 0 Å². The average Bonchev–Trinajstić information content (AvgIpc) is 2.28. The topological polar surface area (TPSA) is 79.3 Å². The first-order valence-corrected chi connectivity index (χ1v) is 4.80. The molecule has 1 unspecified atom stereocenters. The highest BCUT2D eigenvalue weighted by Gasteiger charge is 2.40. The van der Waals surface area contributed by atoms with E-state index in [0.29, 0.717) is 5.56 Å². The molecule has 0 fully saturated rings. The Morgan fingerprint density at radius 1 is 1.33 bits per heavy atom. The van der Waals surface area contributed by atoms with Gasteiger partial charge >= 0.3 is 18.1 Å². The third-order valence-corrected chi connectivity index (χ3v) is 2.05. The van der Waals surface area contributed by atoms with E-state index in [4.69, 9.17) is 5.11 Å². The number of carboxylic acids is 1. The van der Waals surface area contributed by atoms with Crippen LogP contribution in [0.25, 0.3) is 0 Å². The third-order valence-electron chi connectivity index (χ3n) is 2.05. The SMILES string of the molecule is O=C(O)C(Cc1ccncc1)NC(=O)C(F)(F)F. The monoisotopic (exact) mass is 262 g/mol. The lowest BCUT2D eigenvalue weighted by molar-refractivity contribution is -0.175. The molecular formula is C10H9F3N2O3. The second kappa shape index (κ2) is 5.48. The number of nitrogens with zero attached hydrogens (tertiary/aromatic N) is 1. The normalized spacial score (nSPS) is 12.8. The van der Waals surface area contributed by atoms with Gasteiger partial charge in [0, 0.05) is 18.8 Å². The van der Waals surface area contributed by atoms with Crippen molar-refractivity contribution in [3.05, 3.63) is 30.1 Å². The quantitative estimate of drug-likeness (QED) is 0.839. The van der Waals surface area contributed by atoms with Crippen molar-refractivity contribution in [1.29, 1.82) is 0 Å². The third kappa shape index (κ3) is 4.04. The molecule has 8 heteroatoms. The van der Waals surface area contributed by atoms with Gasteiger partial charge in [0.05, 0.1) is 0 Å². The van der Waals surface area contributed by atoms with Gasteiger partial charge in [-0.1, -0.05) is 0 Å². The highest BCUT2D eigenvalue weighted by Crippen LogP contribution is 2.15. The highest BCUT2D eigenvalue weighted by molar-refractivity contribution is 5.87. The largest absolute Gasteiger partial charge is 0.480 e. The summed E-state index contributed by atoms with van der Waals surface area (Å²) in [4.78, 5) is 25.1. The van der Waals surface area contributed by atoms with Gasteiger partial charge in [0.1, 0.15) is 6.04 Å². The van der Waals surface area contributed by atoms with Crippen molar-refractivity contribution in [1.82, 2.24) is 10.3 Å². The molecular weight excluding hydrogens is 253 g/mol. The van der Waals surface area contributed by atoms with E-state index in [9.17, 15) is 22.8 Å². The number of carbonyl (C=O) groups is 2. The molecule has 1 rings (SSSR count). The van der Waals surface area contributed by atoms with E-state index in [1.54, 1.807) is 0 Å². The second-order valence-electron chi connectivity index (χ2n) is 3.42. The number of amides is 1. The number of aliphatic carboxylic acids is 1. The number of hydrogen-bond donors (Lipinski definition) is 2. The Kier molecular flexibility index (Phi) is 4.24. The van der Waals surface area contributed by atoms with E-state index in [1.165, 1.54) is 29.8 Å². The Labute approximate surface area is 99.6 Å². The summed E-state index contributed by atoms with van der Waals surface area (Å²) in [5.41, 5.74) is 0.458. The molecule has 1 atom stereocenters. The Hall–Kier alpha value is -2.12. The second-order valence-corrected chi connectivity index (χ2v) is 3.42. The van der Waals surface area contributed by atoms with Gasteiger partial charge < -0.3 is 10.4 Å². The molecule has 0 saturated heterocycles. The molecule has 0 bridgehead atoms. The molecule has 1 aromatic rings. The van der Waals surface area contributed by atoms with E-state index in [-0.39, 0.29) is 6.42 Å². The predicted molar refractivity (Wildman–Crippen MR) is 53.6 cm³/mol. The first-order valence-electron chi connectivity index (χ1n) is 4.80. The zero-order chi connectivity index (χ0) is 13.8. The minimum Gasteiger partial charge on any atom is -0.480 e. The number of hydrogen-bond acceptors (Lipinski definition) is 3. The molecule has 18 heavy (non-hydrogen) atoms. The van der Waals surface area contributed by atoms with Crippen molar-refractivity contribution in [3.8, 4) is 0 Å². The minimum absolute atomic E-state index is 0.250. The smallest absolute Gasteiger partial charge is 0.471 e. The van der Waals surface area contributed by atoms with Crippen molar-refractivity contribution >= 4 is 11.9 Å². The maximum Gasteiger partial charge on any atom is 0.471 e. The van der Waals surface area contributed by atoms with Gasteiger partial charge in [-0.25, -0.2) is 4.79 Å². The fraction of sp³-hybridized carbons (Fsp3) is 0.300. The number of alkyl halides is 3. The van der Waals surface area contributed by atoms with Crippen LogP contribution in [0.2, 0.25) is 0 Å². The van der Waals surface area contributed by atoms with Gasteiger partial charge in [-0.15, -0.1) is 0 Å². The lowest BCUT2D eigenvalue weighted by Gasteiger charge is -2.15. The maximum absolute atomic E-state index is 12.0. The van der Waals surface area contributed by atoms with Gasteiger partial charge in [-0.2, -0.15) is 13.2 Å². The van der Waals surface area contributed by atoms with Crippen LogP contribution < -0.4 is 5.32 Å². The van der Waals surface area contributed by atoms with Crippen molar-refractivity contribution in [3.63, 3.8) is 0 Å². The lowest BCUT2D eigenvalue weighted by atomic mass is 10.1. The van der Waals surface area contributed by atoms with Crippen LogP contribution in [0.5, 0.6) is 0 Å². The van der Waals surface area contributed by atoms with E-state index in [2.05, 4.69) is 4.98 Å². The number of halogens is 3. The summed E-state index contributed by atoms with van der Waals surface area (Å²) in [6, 6.07) is 1.27. The number of carboxylic acid groups (broad SMARTS) is 1. The number of aromatic nitrogens is 1. The fourth-order valence-corrected chi connectivity index (χ4v) is 1.19. The van der Waals surface area contributed by atoms with Gasteiger partial charge in [0.25, 0.3) is 0 Å². The molecule has 0 aliphatic rings. The van der Waals surface area contributed by atoms with E-state index in [1.807, 2.05) is 0 Å². The van der Waals surface area contributed by atoms with Gasteiger partial charge in [0.15, 0.2) is 0 Å². The summed E-state index contributed by atoms with van der Waals surface area (Å²) in [6.07, 6.45) is -2.61. The van der Waals surface area contributed by atoms with E-state index >= 15 is 0 Å². The van der Waals surface area contributed by atoms with Crippen LogP contribution in [0.4, 0.5) is 13.2 Å². The van der Waals surface area contributed by atoms with Crippen LogP contribution in [0, 0.1) is 0 Å². The van der Waals surface area contributed by atoms with Gasteiger partial charge in [-0.3, -0.25) is 9.78 Å². The fourth-order valence-electron chi connectivity index (χ4n) is 1.19. The Morgan fingerprint density at radius 2 is 1.89 bits per heavy atom. The Bertz CT molecular complexity index is 434. The van der Waals surface area contributed by atoms with Crippen LogP contribution >= 0.6 is 0 Å². The molecule has 0 spiro atoms. The zero-order valence-corrected chi connectivity index (χ0v) is 8.94. The summed E-state index contributed by atoms with van der Waals surface area (Å²) in [5, 5.41) is 10.2. The average molecular weight is 262 g/mol. The van der Waals surface area contributed by atoms with Crippen LogP contribution in [0.15, 0.2) is 24.5 Å². The number of rotatable bonds is 4. The summed E-state index contributed by atoms with van der Waals surface area (Å²) >= 11 is 0. The summed E-state index contributed by atoms with van der Waals surface area (Å²) in [6.45, 7) is 0. The Balaban J connectivity index is 2.73. The minimum atomic E-state index is -5.11. The van der Waals surface area contributed by atoms with Crippen molar-refractivity contribution in [2.45, 2.75) is 18.6 Å². The molecule has 0 radical (unpaired) electrons. The van der Waals surface area contributed by atoms with Crippen LogP contribution in [-0.4, -0.2) is 34.2 Å². The molecule has 0 aromatic carbocycles. The van der Waals surface area contributed by atoms with Crippen molar-refractivity contribution < 1.29 is 27.9 Å². The van der Waals surface area contributed by atoms with E-state index < -0.39 is 24.1 Å². The number of carbonyl (C=O) groups excluding carboxylic acids is 1. The molecule has 1 aromatic heterocycles. The molecule has 1 amide bonds. The molecule has 2 N–H and O–H groups in total. The lowest BCUT2D eigenvalue weighted by Crippen LogP contribution is -2.47. The molecule has 0 aliphatic carbocycles. The molecule has 5 nitrogen and oxygen atoms in total. The number of nitrogens with one attached hydrogen (secondary N) is 1. The summed E-state index contributed by atoms with van der Waals surface area (Å²) < 4.78 is 36.0. The van der Waals surface area contributed by atoms with Crippen molar-refractivity contribution in [2.75, 3.05) is 0 Å². The maximum atomic E-state index is 12.0. The predicted octanol–water partition coefficient (Wildman–Crippen LogP) is 0.756. The van der Waals surface area contributed by atoms with Gasteiger partial charge in [0.2, 0.25) is 0 Å². The van der Waals surface area contributed by atoms with Crippen LogP contribution in [0.1, 0.15) is 5.56 Å². The summed E-state index contributed by atoms with van der Waals surface area (Å²) in [5.74, 6) is -3.81. The highest BCUT2D eigenvalue weighted by atomic mass is 19.4. The molecule has 0 aliphatic heterocycles. The van der Waals surface area contributed by atoms with E-state index in [0.717, 1.165) is 0 Å².